The summed E-state index contributed by atoms with van der Waals surface area (Å²) in [6.45, 7) is 13.1. The minimum atomic E-state index is -1.85. The van der Waals surface area contributed by atoms with E-state index in [2.05, 4.69) is 23.2 Å². The Bertz CT molecular complexity index is 331. The smallest absolute Gasteiger partial charge is 0.364 e. The molecule has 0 atom stereocenters. The second-order valence-corrected chi connectivity index (χ2v) is 8.58. The number of oxime groups is 1. The lowest BCUT2D eigenvalue weighted by Gasteiger charge is -2.20. The Morgan fingerprint density at radius 1 is 1.41 bits per heavy atom. The number of esters is 1. The molecular formula is C11H19NO4Si. The van der Waals surface area contributed by atoms with Gasteiger partial charge in [-0.25, -0.2) is 4.79 Å². The van der Waals surface area contributed by atoms with Crippen molar-refractivity contribution in [3.8, 4) is 0 Å². The molecule has 0 spiro atoms. The van der Waals surface area contributed by atoms with E-state index in [9.17, 15) is 4.79 Å². The molecule has 0 aromatic rings. The van der Waals surface area contributed by atoms with Gasteiger partial charge in [0.2, 0.25) is 14.0 Å². The van der Waals surface area contributed by atoms with Gasteiger partial charge in [0.05, 0.1) is 0 Å². The first-order valence-electron chi connectivity index (χ1n) is 5.09. The van der Waals surface area contributed by atoms with Gasteiger partial charge in [-0.2, -0.15) is 0 Å². The van der Waals surface area contributed by atoms with Crippen LogP contribution in [0.5, 0.6) is 0 Å². The Kier molecular flexibility index (Phi) is 6.27. The van der Waals surface area contributed by atoms with E-state index in [4.69, 9.17) is 9.16 Å². The second-order valence-electron chi connectivity index (χ2n) is 4.15. The first-order chi connectivity index (χ1) is 7.81. The zero-order chi connectivity index (χ0) is 13.5. The predicted octanol–water partition coefficient (Wildman–Crippen LogP) is 2.08. The lowest BCUT2D eigenvalue weighted by atomic mass is 10.3. The maximum atomic E-state index is 11.6. The largest absolute Gasteiger partial charge is 0.543 e. The van der Waals surface area contributed by atoms with Crippen molar-refractivity contribution in [1.29, 1.82) is 0 Å². The van der Waals surface area contributed by atoms with Gasteiger partial charge in [0.25, 0.3) is 0 Å². The first-order valence-corrected chi connectivity index (χ1v) is 8.50. The van der Waals surface area contributed by atoms with Crippen molar-refractivity contribution in [1.82, 2.24) is 0 Å². The third-order valence-corrected chi connectivity index (χ3v) is 2.26. The fourth-order valence-corrected chi connectivity index (χ4v) is 1.75. The molecule has 0 radical (unpaired) electrons. The van der Waals surface area contributed by atoms with Crippen molar-refractivity contribution >= 4 is 20.0 Å². The molecule has 6 heteroatoms. The molecule has 0 unspecified atom stereocenters. The van der Waals surface area contributed by atoms with Crippen molar-refractivity contribution in [2.75, 3.05) is 13.7 Å². The van der Waals surface area contributed by atoms with Gasteiger partial charge in [0.15, 0.2) is 0 Å². The van der Waals surface area contributed by atoms with Crippen molar-refractivity contribution < 1.29 is 18.8 Å². The molecule has 0 bridgehead atoms. The molecule has 0 amide bonds. The van der Waals surface area contributed by atoms with Crippen molar-refractivity contribution in [2.24, 2.45) is 5.16 Å². The number of rotatable bonds is 7. The highest BCUT2D eigenvalue weighted by Crippen LogP contribution is 2.11. The molecule has 0 saturated carbocycles. The highest BCUT2D eigenvalue weighted by Gasteiger charge is 2.24. The lowest BCUT2D eigenvalue weighted by molar-refractivity contribution is -0.134. The highest BCUT2D eigenvalue weighted by atomic mass is 28.4. The summed E-state index contributed by atoms with van der Waals surface area (Å²) in [4.78, 5) is 16.2. The molecule has 5 nitrogen and oxygen atoms in total. The van der Waals surface area contributed by atoms with Crippen LogP contribution in [0.3, 0.4) is 0 Å². The minimum Gasteiger partial charge on any atom is -0.543 e. The summed E-state index contributed by atoms with van der Waals surface area (Å²) in [7, 11) is -0.517. The number of hydrogen-bond acceptors (Lipinski definition) is 5. The monoisotopic (exact) mass is 257 g/mol. The van der Waals surface area contributed by atoms with Crippen molar-refractivity contribution in [3.05, 3.63) is 25.0 Å². The molecule has 0 rings (SSSR count). The molecule has 0 heterocycles. The molecule has 0 fully saturated rings. The normalized spacial score (nSPS) is 11.6. The molecule has 0 aliphatic heterocycles. The Morgan fingerprint density at radius 2 is 2.00 bits per heavy atom. The number of hydrogen-bond donors (Lipinski definition) is 0. The summed E-state index contributed by atoms with van der Waals surface area (Å²) in [5.41, 5.74) is -0.0585. The van der Waals surface area contributed by atoms with Crippen molar-refractivity contribution in [3.63, 3.8) is 0 Å². The summed E-state index contributed by atoms with van der Waals surface area (Å²) < 4.78 is 10.4. The fraction of sp³-hybridized carbons (Fsp3) is 0.455. The summed E-state index contributed by atoms with van der Waals surface area (Å²) in [6, 6.07) is 0. The molecule has 0 aromatic heterocycles. The summed E-state index contributed by atoms with van der Waals surface area (Å²) in [5.74, 6) is -0.477. The maximum absolute atomic E-state index is 11.6. The molecule has 96 valence electrons. The molecule has 0 aliphatic carbocycles. The summed E-state index contributed by atoms with van der Waals surface area (Å²) >= 11 is 0. The standard InChI is InChI=1S/C11H19NO4Si/c1-7-8-15-11(13)10(12-14-3)9(2)16-17(4,5)6/h7H,1-2,8H2,3-6H3/b12-10+. The Balaban J connectivity index is 4.75. The van der Waals surface area contributed by atoms with Gasteiger partial charge < -0.3 is 14.0 Å². The maximum Gasteiger partial charge on any atom is 0.364 e. The van der Waals surface area contributed by atoms with E-state index in [1.165, 1.54) is 13.2 Å². The quantitative estimate of drug-likeness (QED) is 0.175. The average Bonchev–Trinajstić information content (AvgIpc) is 2.19. The molecule has 0 saturated heterocycles. The number of carbonyl (C=O) groups excluding carboxylic acids is 1. The van der Waals surface area contributed by atoms with Gasteiger partial charge in [-0.1, -0.05) is 24.4 Å². The van der Waals surface area contributed by atoms with E-state index in [-0.39, 0.29) is 18.1 Å². The Labute approximate surface area is 103 Å². The van der Waals surface area contributed by atoms with E-state index in [1.807, 2.05) is 19.6 Å². The van der Waals surface area contributed by atoms with Crippen LogP contribution in [0.4, 0.5) is 0 Å². The van der Waals surface area contributed by atoms with Crippen LogP contribution in [-0.2, 0) is 18.8 Å². The zero-order valence-electron chi connectivity index (χ0n) is 10.8. The van der Waals surface area contributed by atoms with E-state index < -0.39 is 14.3 Å². The van der Waals surface area contributed by atoms with Crippen LogP contribution >= 0.6 is 0 Å². The van der Waals surface area contributed by atoms with Crippen LogP contribution in [-0.4, -0.2) is 33.7 Å². The SMILES string of the molecule is C=CCOC(=O)/C(=N/OC)C(=C)O[Si](C)(C)C. The Hall–Kier alpha value is -1.56. The van der Waals surface area contributed by atoms with E-state index >= 15 is 0 Å². The molecule has 0 aliphatic rings. The molecular weight excluding hydrogens is 238 g/mol. The minimum absolute atomic E-state index is 0.0585. The summed E-state index contributed by atoms with van der Waals surface area (Å²) in [5, 5.41) is 3.57. The third kappa shape index (κ3) is 6.57. The number of carbonyl (C=O) groups is 1. The average molecular weight is 257 g/mol. The van der Waals surface area contributed by atoms with Crippen LogP contribution < -0.4 is 0 Å². The predicted molar refractivity (Wildman–Crippen MR) is 69.2 cm³/mol. The lowest BCUT2D eigenvalue weighted by Crippen LogP contribution is -2.30. The van der Waals surface area contributed by atoms with Gasteiger partial charge in [0, 0.05) is 0 Å². The van der Waals surface area contributed by atoms with E-state index in [0.29, 0.717) is 0 Å². The van der Waals surface area contributed by atoms with Gasteiger partial charge in [-0.15, -0.1) is 0 Å². The van der Waals surface area contributed by atoms with Gasteiger partial charge >= 0.3 is 5.97 Å². The number of nitrogens with zero attached hydrogens (tertiary/aromatic N) is 1. The summed E-state index contributed by atoms with van der Waals surface area (Å²) in [6.07, 6.45) is 1.46. The van der Waals surface area contributed by atoms with E-state index in [0.717, 1.165) is 0 Å². The van der Waals surface area contributed by atoms with Crippen molar-refractivity contribution in [2.45, 2.75) is 19.6 Å². The third-order valence-electron chi connectivity index (χ3n) is 1.40. The van der Waals surface area contributed by atoms with E-state index in [1.54, 1.807) is 0 Å². The van der Waals surface area contributed by atoms with Crippen LogP contribution in [0.1, 0.15) is 0 Å². The van der Waals surface area contributed by atoms with Crippen LogP contribution in [0, 0.1) is 0 Å². The van der Waals surface area contributed by atoms with Gasteiger partial charge in [-0.3, -0.25) is 0 Å². The fourth-order valence-electron chi connectivity index (χ4n) is 0.914. The zero-order valence-corrected chi connectivity index (χ0v) is 11.8. The molecule has 17 heavy (non-hydrogen) atoms. The molecule has 0 aromatic carbocycles. The topological polar surface area (TPSA) is 57.1 Å². The van der Waals surface area contributed by atoms with Gasteiger partial charge in [0.1, 0.15) is 19.5 Å². The first kappa shape index (κ1) is 15.4. The van der Waals surface area contributed by atoms with Gasteiger partial charge in [-0.05, 0) is 19.6 Å². The second kappa shape index (κ2) is 6.90. The highest BCUT2D eigenvalue weighted by molar-refractivity contribution is 6.70. The van der Waals surface area contributed by atoms with Crippen LogP contribution in [0.15, 0.2) is 30.1 Å². The van der Waals surface area contributed by atoms with Crippen LogP contribution in [0.2, 0.25) is 19.6 Å². The van der Waals surface area contributed by atoms with Crippen LogP contribution in [0.25, 0.3) is 0 Å². The molecule has 0 N–H and O–H groups in total. The number of ether oxygens (including phenoxy) is 1. The Morgan fingerprint density at radius 3 is 2.41 bits per heavy atom.